The van der Waals surface area contributed by atoms with Gasteiger partial charge in [0.25, 0.3) is 0 Å². The summed E-state index contributed by atoms with van der Waals surface area (Å²) in [6.07, 6.45) is 6.98. The highest BCUT2D eigenvalue weighted by atomic mass is 35.5. The van der Waals surface area contributed by atoms with Gasteiger partial charge in [-0.15, -0.1) is 16.4 Å². The lowest BCUT2D eigenvalue weighted by atomic mass is 9.95. The highest BCUT2D eigenvalue weighted by molar-refractivity contribution is 7.10. The van der Waals surface area contributed by atoms with Crippen LogP contribution in [0.4, 0.5) is 11.4 Å². The summed E-state index contributed by atoms with van der Waals surface area (Å²) in [5.74, 6) is 0. The third kappa shape index (κ3) is 5.35. The summed E-state index contributed by atoms with van der Waals surface area (Å²) in [5, 5.41) is 30.0. The average Bonchev–Trinajstić information content (AvgIpc) is 3.51. The molecule has 2 aliphatic heterocycles. The molecule has 0 amide bonds. The predicted molar refractivity (Wildman–Crippen MR) is 166 cm³/mol. The number of nitrogens with zero attached hydrogens (tertiary/aromatic N) is 6. The monoisotopic (exact) mass is 602 g/mol. The Balaban J connectivity index is 1.27. The van der Waals surface area contributed by atoms with E-state index >= 15 is 0 Å². The molecule has 9 nitrogen and oxygen atoms in total. The molecular formula is C31H35ClN8OS. The van der Waals surface area contributed by atoms with Crippen molar-refractivity contribution in [3.8, 4) is 6.07 Å². The van der Waals surface area contributed by atoms with Crippen LogP contribution in [0.2, 0.25) is 5.02 Å². The van der Waals surface area contributed by atoms with Crippen molar-refractivity contribution in [1.29, 1.82) is 5.26 Å². The topological polar surface area (TPSA) is 104 Å². The number of ether oxygens (including phenoxy) is 1. The van der Waals surface area contributed by atoms with Crippen LogP contribution in [0.15, 0.2) is 29.9 Å². The minimum Gasteiger partial charge on any atom is -0.383 e. The molecule has 42 heavy (non-hydrogen) atoms. The highest BCUT2D eigenvalue weighted by Gasteiger charge is 2.33. The molecule has 2 N–H and O–H groups in total. The number of pyridine rings is 1. The van der Waals surface area contributed by atoms with Gasteiger partial charge in [-0.3, -0.25) is 9.88 Å². The van der Waals surface area contributed by atoms with Crippen LogP contribution in [-0.2, 0) is 17.7 Å². The van der Waals surface area contributed by atoms with Crippen LogP contribution in [0.5, 0.6) is 0 Å². The number of halogens is 1. The van der Waals surface area contributed by atoms with Gasteiger partial charge in [0, 0.05) is 41.8 Å². The number of aromatic nitrogens is 4. The zero-order valence-corrected chi connectivity index (χ0v) is 25.7. The maximum atomic E-state index is 9.90. The number of nitriles is 1. The number of nitrogens with one attached hydrogen (secondary N) is 2. The first-order valence-corrected chi connectivity index (χ1v) is 15.9. The van der Waals surface area contributed by atoms with Gasteiger partial charge in [-0.05, 0) is 53.3 Å². The molecule has 1 atom stereocenters. The molecule has 7 rings (SSSR count). The van der Waals surface area contributed by atoms with Gasteiger partial charge in [-0.25, -0.2) is 4.68 Å². The van der Waals surface area contributed by atoms with Crippen molar-refractivity contribution in [3.63, 3.8) is 0 Å². The molecule has 5 heterocycles. The van der Waals surface area contributed by atoms with E-state index < -0.39 is 0 Å². The van der Waals surface area contributed by atoms with Crippen molar-refractivity contribution < 1.29 is 4.74 Å². The largest absolute Gasteiger partial charge is 0.383 e. The minimum atomic E-state index is -0.192. The molecule has 1 saturated heterocycles. The Morgan fingerprint density at radius 1 is 1.24 bits per heavy atom. The van der Waals surface area contributed by atoms with Gasteiger partial charge in [-0.1, -0.05) is 37.6 Å². The number of fused-ring (bicyclic) bond motifs is 2. The Labute approximate surface area is 254 Å². The van der Waals surface area contributed by atoms with Crippen molar-refractivity contribution in [3.05, 3.63) is 62.2 Å². The van der Waals surface area contributed by atoms with Crippen molar-refractivity contribution in [2.24, 2.45) is 5.41 Å². The van der Waals surface area contributed by atoms with E-state index in [2.05, 4.69) is 75.3 Å². The summed E-state index contributed by atoms with van der Waals surface area (Å²) in [6.45, 7) is 10.8. The van der Waals surface area contributed by atoms with E-state index in [9.17, 15) is 5.26 Å². The summed E-state index contributed by atoms with van der Waals surface area (Å²) < 4.78 is 7.47. The highest BCUT2D eigenvalue weighted by Crippen LogP contribution is 2.41. The van der Waals surface area contributed by atoms with Crippen molar-refractivity contribution in [2.45, 2.75) is 64.7 Å². The zero-order chi connectivity index (χ0) is 29.0. The molecular weight excluding hydrogens is 568 g/mol. The van der Waals surface area contributed by atoms with Gasteiger partial charge >= 0.3 is 0 Å². The number of thiophene rings is 1. The van der Waals surface area contributed by atoms with Gasteiger partial charge < -0.3 is 15.4 Å². The smallest absolute Gasteiger partial charge is 0.110 e. The van der Waals surface area contributed by atoms with Crippen molar-refractivity contribution in [2.75, 3.05) is 36.9 Å². The van der Waals surface area contributed by atoms with E-state index in [-0.39, 0.29) is 11.5 Å². The quantitative estimate of drug-likeness (QED) is 0.247. The van der Waals surface area contributed by atoms with E-state index in [1.807, 2.05) is 22.1 Å². The molecule has 0 radical (unpaired) electrons. The second-order valence-corrected chi connectivity index (χ2v) is 14.2. The molecule has 11 heteroatoms. The first kappa shape index (κ1) is 27.6. The minimum absolute atomic E-state index is 0.0275. The van der Waals surface area contributed by atoms with Crippen LogP contribution >= 0.6 is 22.9 Å². The van der Waals surface area contributed by atoms with Crippen LogP contribution in [0, 0.1) is 16.7 Å². The Morgan fingerprint density at radius 2 is 2.07 bits per heavy atom. The molecule has 4 aromatic rings. The number of rotatable bonds is 8. The average molecular weight is 603 g/mol. The van der Waals surface area contributed by atoms with Crippen molar-refractivity contribution in [1.82, 2.24) is 24.9 Å². The number of hydrogen-bond donors (Lipinski definition) is 2. The van der Waals surface area contributed by atoms with E-state index in [1.165, 1.54) is 16.0 Å². The first-order valence-electron chi connectivity index (χ1n) is 14.6. The lowest BCUT2D eigenvalue weighted by Crippen LogP contribution is -2.50. The van der Waals surface area contributed by atoms with Crippen LogP contribution in [0.25, 0.3) is 10.9 Å². The van der Waals surface area contributed by atoms with E-state index in [1.54, 1.807) is 6.20 Å². The SMILES string of the molecule is CC(C)(C)CNc1c(C#N)cnc2c(Cl)cc(NC(c3cn(C4CC4)nn3)c3csc4c3CCN(C3COC3)C4)cc12. The fraction of sp³-hybridized carbons (Fsp3) is 0.484. The summed E-state index contributed by atoms with van der Waals surface area (Å²) in [4.78, 5) is 8.51. The Kier molecular flexibility index (Phi) is 7.09. The van der Waals surface area contributed by atoms with Gasteiger partial charge in [0.15, 0.2) is 0 Å². The number of hydrogen-bond acceptors (Lipinski definition) is 9. The van der Waals surface area contributed by atoms with E-state index in [4.69, 9.17) is 16.3 Å². The third-order valence-corrected chi connectivity index (χ3v) is 9.67. The summed E-state index contributed by atoms with van der Waals surface area (Å²) in [7, 11) is 0. The molecule has 1 unspecified atom stereocenters. The van der Waals surface area contributed by atoms with Gasteiger partial charge in [0.2, 0.25) is 0 Å². The lowest BCUT2D eigenvalue weighted by Gasteiger charge is -2.39. The molecule has 0 bridgehead atoms. The molecule has 1 aliphatic carbocycles. The molecule has 1 saturated carbocycles. The zero-order valence-electron chi connectivity index (χ0n) is 24.2. The standard InChI is InChI=1S/C31H35ClN8OS/c1-31(2,3)17-35-28-18(10-33)11-34-29-23(28)8-19(9-25(29)32)36-30(26-12-40(38-37-26)20-4-5-20)24-16-42-27-13-39(7-6-22(24)27)21-14-41-15-21/h8-9,11-12,16,20-21,30,36H,4-7,13-15,17H2,1-3H3,(H,34,35). The third-order valence-electron chi connectivity index (χ3n) is 8.35. The summed E-state index contributed by atoms with van der Waals surface area (Å²) in [6, 6.07) is 7.07. The lowest BCUT2D eigenvalue weighted by molar-refractivity contribution is -0.0691. The van der Waals surface area contributed by atoms with Gasteiger partial charge in [0.05, 0.1) is 59.3 Å². The number of anilines is 2. The maximum absolute atomic E-state index is 9.90. The Hall–Kier alpha value is -3.23. The van der Waals surface area contributed by atoms with Crippen LogP contribution in [-0.4, -0.2) is 57.2 Å². The molecule has 3 aromatic heterocycles. The Morgan fingerprint density at radius 3 is 2.79 bits per heavy atom. The second-order valence-electron chi connectivity index (χ2n) is 12.9. The van der Waals surface area contributed by atoms with E-state index in [0.717, 1.165) is 68.0 Å². The second kappa shape index (κ2) is 10.8. The molecule has 1 aromatic carbocycles. The maximum Gasteiger partial charge on any atom is 0.110 e. The van der Waals surface area contributed by atoms with E-state index in [0.29, 0.717) is 34.7 Å². The predicted octanol–water partition coefficient (Wildman–Crippen LogP) is 6.16. The van der Waals surface area contributed by atoms with Gasteiger partial charge in [-0.2, -0.15) is 5.26 Å². The molecule has 0 spiro atoms. The van der Waals surface area contributed by atoms with Gasteiger partial charge in [0.1, 0.15) is 11.8 Å². The first-order chi connectivity index (χ1) is 20.3. The normalized spacial score (nSPS) is 18.4. The van der Waals surface area contributed by atoms with Crippen molar-refractivity contribution >= 4 is 45.2 Å². The molecule has 2 fully saturated rings. The summed E-state index contributed by atoms with van der Waals surface area (Å²) in [5.41, 5.74) is 6.34. The summed E-state index contributed by atoms with van der Waals surface area (Å²) >= 11 is 8.68. The van der Waals surface area contributed by atoms with Crippen LogP contribution in [0.1, 0.15) is 73.0 Å². The van der Waals surface area contributed by atoms with Crippen LogP contribution < -0.4 is 10.6 Å². The fourth-order valence-electron chi connectivity index (χ4n) is 5.75. The van der Waals surface area contributed by atoms with Crippen LogP contribution in [0.3, 0.4) is 0 Å². The molecule has 218 valence electrons. The molecule has 3 aliphatic rings. The Bertz CT molecular complexity index is 1680. The number of benzene rings is 1. The fourth-order valence-corrected chi connectivity index (χ4v) is 7.17.